The first-order valence-corrected chi connectivity index (χ1v) is 4.84. The molecule has 6 nitrogen and oxygen atoms in total. The van der Waals surface area contributed by atoms with E-state index >= 15 is 0 Å². The summed E-state index contributed by atoms with van der Waals surface area (Å²) in [5.74, 6) is 3.75. The molecule has 0 amide bonds. The van der Waals surface area contributed by atoms with Crippen LogP contribution in [-0.2, 0) is 4.79 Å². The topological polar surface area (TPSA) is 100 Å². The monoisotopic (exact) mass is 252 g/mol. The molecule has 0 bridgehead atoms. The summed E-state index contributed by atoms with van der Waals surface area (Å²) in [6.45, 7) is 0. The van der Waals surface area contributed by atoms with Crippen LogP contribution in [0.5, 0.6) is 0 Å². The van der Waals surface area contributed by atoms with Crippen molar-refractivity contribution in [1.82, 2.24) is 0 Å². The van der Waals surface area contributed by atoms with Gasteiger partial charge < -0.3 is 10.9 Å². The second-order valence-corrected chi connectivity index (χ2v) is 3.29. The Hall–Kier alpha value is -2.21. The largest absolute Gasteiger partial charge is 0.478 e. The molecule has 1 aromatic rings. The zero-order valence-electron chi connectivity index (χ0n) is 8.62. The molecule has 0 aliphatic carbocycles. The Morgan fingerprint density at radius 1 is 1.47 bits per heavy atom. The Morgan fingerprint density at radius 3 is 2.88 bits per heavy atom. The summed E-state index contributed by atoms with van der Waals surface area (Å²) in [5, 5.41) is 15.4. The number of nitrogens with two attached hydrogens (primary N) is 1. The minimum atomic E-state index is -1.05. The van der Waals surface area contributed by atoms with Gasteiger partial charge in [-0.3, -0.25) is 0 Å². The summed E-state index contributed by atoms with van der Waals surface area (Å²) in [4.78, 5) is 14.4. The van der Waals surface area contributed by atoms with Crippen LogP contribution in [-0.4, -0.2) is 17.4 Å². The first-order chi connectivity index (χ1) is 8.13. The highest BCUT2D eigenvalue weighted by atomic mass is 35.5. The number of hydrogen-bond donors (Lipinski definition) is 2. The van der Waals surface area contributed by atoms with Gasteiger partial charge in [-0.05, 0) is 24.3 Å². The molecule has 0 saturated heterocycles. The fourth-order valence-electron chi connectivity index (χ4n) is 1.06. The van der Waals surface area contributed by atoms with E-state index in [9.17, 15) is 4.79 Å². The number of rotatable bonds is 4. The quantitative estimate of drug-likeness (QED) is 0.215. The molecule has 7 heteroatoms. The molecule has 0 unspecified atom stereocenters. The van der Waals surface area contributed by atoms with E-state index in [1.54, 1.807) is 18.2 Å². The van der Waals surface area contributed by atoms with Gasteiger partial charge in [-0.15, -0.1) is 5.11 Å². The molecule has 0 spiro atoms. The van der Waals surface area contributed by atoms with E-state index in [2.05, 4.69) is 15.3 Å². The molecule has 1 aromatic carbocycles. The standard InChI is InChI=1S/C10H9ClN4O2/c11-8-2-3-9(13-6-14-15-12)7(5-8)1-4-10(16)17/h1-6H,(H,16,17)(H2,12,13,14)/b4-1+. The summed E-state index contributed by atoms with van der Waals surface area (Å²) < 4.78 is 0. The maximum Gasteiger partial charge on any atom is 0.328 e. The fourth-order valence-corrected chi connectivity index (χ4v) is 1.24. The lowest BCUT2D eigenvalue weighted by atomic mass is 10.1. The first-order valence-electron chi connectivity index (χ1n) is 4.46. The molecule has 88 valence electrons. The van der Waals surface area contributed by atoms with Crippen LogP contribution in [0.4, 0.5) is 5.69 Å². The van der Waals surface area contributed by atoms with Crippen LogP contribution in [0.25, 0.3) is 6.08 Å². The molecule has 0 fully saturated rings. The fraction of sp³-hybridized carbons (Fsp3) is 0. The van der Waals surface area contributed by atoms with Gasteiger partial charge in [0.25, 0.3) is 0 Å². The Balaban J connectivity index is 3.07. The lowest BCUT2D eigenvalue weighted by Crippen LogP contribution is -1.86. The molecule has 0 aliphatic heterocycles. The second-order valence-electron chi connectivity index (χ2n) is 2.85. The molecule has 0 aromatic heterocycles. The van der Waals surface area contributed by atoms with Crippen molar-refractivity contribution in [3.8, 4) is 0 Å². The average molecular weight is 253 g/mol. The number of halogens is 1. The van der Waals surface area contributed by atoms with Crippen LogP contribution < -0.4 is 5.84 Å². The number of aliphatic carboxylic acids is 1. The van der Waals surface area contributed by atoms with Crippen LogP contribution in [0.15, 0.2) is 39.6 Å². The summed E-state index contributed by atoms with van der Waals surface area (Å²) in [6.07, 6.45) is 3.54. The number of carboxylic acid groups (broad SMARTS) is 1. The van der Waals surface area contributed by atoms with Gasteiger partial charge >= 0.3 is 5.97 Å². The van der Waals surface area contributed by atoms with Gasteiger partial charge in [-0.1, -0.05) is 16.8 Å². The summed E-state index contributed by atoms with van der Waals surface area (Å²) in [5.41, 5.74) is 1.07. The second kappa shape index (κ2) is 6.39. The molecule has 0 radical (unpaired) electrons. The van der Waals surface area contributed by atoms with Gasteiger partial charge in [0.05, 0.1) is 5.69 Å². The Morgan fingerprint density at radius 2 is 2.24 bits per heavy atom. The highest BCUT2D eigenvalue weighted by Gasteiger charge is 1.99. The highest BCUT2D eigenvalue weighted by Crippen LogP contribution is 2.24. The van der Waals surface area contributed by atoms with Crippen molar-refractivity contribution >= 4 is 35.7 Å². The average Bonchev–Trinajstić information content (AvgIpc) is 2.29. The maximum absolute atomic E-state index is 10.4. The number of hydrogen-bond acceptors (Lipinski definition) is 3. The number of nitrogens with zero attached hydrogens (tertiary/aromatic N) is 3. The van der Waals surface area contributed by atoms with Gasteiger partial charge in [0.15, 0.2) is 0 Å². The Labute approximate surface area is 102 Å². The number of carbonyl (C=O) groups is 1. The van der Waals surface area contributed by atoms with E-state index in [0.717, 1.165) is 12.4 Å². The minimum absolute atomic E-state index is 0.481. The van der Waals surface area contributed by atoms with E-state index in [-0.39, 0.29) is 0 Å². The molecule has 3 N–H and O–H groups in total. The summed E-state index contributed by atoms with van der Waals surface area (Å²) >= 11 is 5.80. The number of carboxylic acids is 1. The van der Waals surface area contributed by atoms with Crippen molar-refractivity contribution in [1.29, 1.82) is 0 Å². The lowest BCUT2D eigenvalue weighted by molar-refractivity contribution is -0.131. The normalized spacial score (nSPS) is 11.8. The molecule has 1 rings (SSSR count). The van der Waals surface area contributed by atoms with Gasteiger partial charge in [-0.2, -0.15) is 0 Å². The molecule has 17 heavy (non-hydrogen) atoms. The van der Waals surface area contributed by atoms with Gasteiger partial charge in [0, 0.05) is 16.7 Å². The van der Waals surface area contributed by atoms with Crippen molar-refractivity contribution in [2.45, 2.75) is 0 Å². The van der Waals surface area contributed by atoms with Crippen molar-refractivity contribution in [3.63, 3.8) is 0 Å². The lowest BCUT2D eigenvalue weighted by Gasteiger charge is -2.00. The smallest absolute Gasteiger partial charge is 0.328 e. The van der Waals surface area contributed by atoms with Crippen molar-refractivity contribution in [2.24, 2.45) is 21.2 Å². The van der Waals surface area contributed by atoms with Crippen molar-refractivity contribution < 1.29 is 9.90 Å². The first kappa shape index (κ1) is 12.9. The minimum Gasteiger partial charge on any atom is -0.478 e. The zero-order valence-corrected chi connectivity index (χ0v) is 9.37. The predicted octanol–water partition coefficient (Wildman–Crippen LogP) is 2.42. The number of aliphatic imine (C=N–C) groups is 1. The third-order valence-electron chi connectivity index (χ3n) is 1.71. The molecule has 0 heterocycles. The van der Waals surface area contributed by atoms with Crippen LogP contribution in [0.2, 0.25) is 5.02 Å². The van der Waals surface area contributed by atoms with E-state index in [0.29, 0.717) is 16.3 Å². The van der Waals surface area contributed by atoms with Gasteiger partial charge in [0.1, 0.15) is 6.34 Å². The molecular formula is C10H9ClN4O2. The van der Waals surface area contributed by atoms with Crippen LogP contribution >= 0.6 is 11.6 Å². The van der Waals surface area contributed by atoms with Crippen molar-refractivity contribution in [2.75, 3.05) is 0 Å². The zero-order chi connectivity index (χ0) is 12.7. The van der Waals surface area contributed by atoms with Crippen LogP contribution in [0.3, 0.4) is 0 Å². The van der Waals surface area contributed by atoms with Crippen LogP contribution in [0.1, 0.15) is 5.56 Å². The third-order valence-corrected chi connectivity index (χ3v) is 1.95. The maximum atomic E-state index is 10.4. The van der Waals surface area contributed by atoms with Gasteiger partial charge in [-0.25, -0.2) is 9.79 Å². The van der Waals surface area contributed by atoms with Crippen LogP contribution in [0, 0.1) is 0 Å². The molecule has 0 saturated carbocycles. The third kappa shape index (κ3) is 4.43. The van der Waals surface area contributed by atoms with E-state index < -0.39 is 5.97 Å². The predicted molar refractivity (Wildman–Crippen MR) is 65.3 cm³/mol. The van der Waals surface area contributed by atoms with E-state index in [1.807, 2.05) is 0 Å². The summed E-state index contributed by atoms with van der Waals surface area (Å²) in [7, 11) is 0. The van der Waals surface area contributed by atoms with Gasteiger partial charge in [0.2, 0.25) is 0 Å². The molecule has 0 atom stereocenters. The molecular weight excluding hydrogens is 244 g/mol. The van der Waals surface area contributed by atoms with E-state index in [1.165, 1.54) is 6.08 Å². The SMILES string of the molecule is NN=NC=Nc1ccc(Cl)cc1/C=C/C(=O)O. The van der Waals surface area contributed by atoms with E-state index in [4.69, 9.17) is 22.6 Å². The van der Waals surface area contributed by atoms with Crippen molar-refractivity contribution in [3.05, 3.63) is 34.9 Å². The Bertz CT molecular complexity index is 497. The molecule has 0 aliphatic rings. The Kier molecular flexibility index (Phi) is 4.83. The summed E-state index contributed by atoms with van der Waals surface area (Å²) in [6, 6.07) is 4.85. The number of benzene rings is 1. The highest BCUT2D eigenvalue weighted by molar-refractivity contribution is 6.30.